The molecule has 4 rings (SSSR count). The fourth-order valence-electron chi connectivity index (χ4n) is 5.85. The third-order valence-corrected chi connectivity index (χ3v) is 14.1. The third-order valence-electron chi connectivity index (χ3n) is 9.46. The Hall–Kier alpha value is -3.80. The van der Waals surface area contributed by atoms with Crippen molar-refractivity contribution in [1.82, 2.24) is 19.8 Å². The molecular formula is C38H51ClN4O6Si. The summed E-state index contributed by atoms with van der Waals surface area (Å²) in [5.41, 5.74) is 2.75. The summed E-state index contributed by atoms with van der Waals surface area (Å²) in [6, 6.07) is 12.4. The van der Waals surface area contributed by atoms with E-state index >= 15 is 0 Å². The van der Waals surface area contributed by atoms with E-state index in [4.69, 9.17) is 25.5 Å². The van der Waals surface area contributed by atoms with Gasteiger partial charge in [0.1, 0.15) is 10.8 Å². The van der Waals surface area contributed by atoms with Gasteiger partial charge < -0.3 is 18.8 Å². The molecule has 2 aromatic heterocycles. The molecular weight excluding hydrogens is 672 g/mol. The normalized spacial score (nSPS) is 17.3. The van der Waals surface area contributed by atoms with Gasteiger partial charge in [0.2, 0.25) is 0 Å². The average molecular weight is 723 g/mol. The lowest BCUT2D eigenvalue weighted by molar-refractivity contribution is -0.00245. The Bertz CT molecular complexity index is 1650. The molecule has 0 spiro atoms. The number of pyridine rings is 2. The number of rotatable bonds is 10. The highest BCUT2D eigenvalue weighted by atomic mass is 35.5. The van der Waals surface area contributed by atoms with E-state index in [0.29, 0.717) is 28.3 Å². The molecule has 3 aromatic rings. The summed E-state index contributed by atoms with van der Waals surface area (Å²) in [5, 5.41) is 0.336. The van der Waals surface area contributed by atoms with Crippen molar-refractivity contribution in [2.24, 2.45) is 0 Å². The average Bonchev–Trinajstić information content (AvgIpc) is 3.45. The van der Waals surface area contributed by atoms with E-state index in [1.54, 1.807) is 36.5 Å². The van der Waals surface area contributed by atoms with Crippen LogP contribution in [-0.2, 0) is 26.9 Å². The predicted molar refractivity (Wildman–Crippen MR) is 197 cm³/mol. The molecule has 50 heavy (non-hydrogen) atoms. The SMILES string of the molecule is COC(=O)c1cncc(CN(C)C(=O)c2ccc(C[C@@H]3CC[C@H]([C@H](O[Si](C)(C)C(C)(C)C)c4ccc(Cl)nc4)N3C(=O)OC(C)(C)C)cc2)c1. The number of ether oxygens (including phenoxy) is 2. The second-order valence-corrected chi connectivity index (χ2v) is 20.7. The Kier molecular flexibility index (Phi) is 12.2. The first-order valence-electron chi connectivity index (χ1n) is 17.0. The van der Waals surface area contributed by atoms with Gasteiger partial charge in [-0.3, -0.25) is 14.7 Å². The lowest BCUT2D eigenvalue weighted by atomic mass is 10.0. The highest BCUT2D eigenvalue weighted by Crippen LogP contribution is 2.44. The van der Waals surface area contributed by atoms with Crippen LogP contribution in [0.2, 0.25) is 23.3 Å². The zero-order valence-corrected chi connectivity index (χ0v) is 32.7. The Labute approximate surface area is 302 Å². The second kappa shape index (κ2) is 15.6. The van der Waals surface area contributed by atoms with Gasteiger partial charge in [0, 0.05) is 49.4 Å². The summed E-state index contributed by atoms with van der Waals surface area (Å²) in [4.78, 5) is 51.2. The highest BCUT2D eigenvalue weighted by molar-refractivity contribution is 6.74. The number of hydrogen-bond acceptors (Lipinski definition) is 8. The Morgan fingerprint density at radius 1 is 0.960 bits per heavy atom. The number of methoxy groups -OCH3 is 1. The van der Waals surface area contributed by atoms with Gasteiger partial charge in [-0.1, -0.05) is 50.6 Å². The van der Waals surface area contributed by atoms with E-state index in [-0.39, 0.29) is 35.7 Å². The Morgan fingerprint density at radius 3 is 2.22 bits per heavy atom. The minimum atomic E-state index is -2.30. The van der Waals surface area contributed by atoms with Crippen LogP contribution in [0.15, 0.2) is 61.1 Å². The van der Waals surface area contributed by atoms with Crippen LogP contribution in [0.3, 0.4) is 0 Å². The van der Waals surface area contributed by atoms with Crippen molar-refractivity contribution >= 4 is 37.9 Å². The standard InChI is InChI=1S/C38H51ClN4O6Si/c1-37(2,3)48-36(46)43-30(16-17-31(43)33(28-15-18-32(39)41-23-28)49-50(9,10)38(4,5)6)20-25-11-13-27(14-12-25)34(44)42(7)24-26-19-29(22-40-21-26)35(45)47-8/h11-15,18-19,21-23,30-31,33H,16-17,20,24H2,1-10H3/t30-,31+,33+/m0/s1. The van der Waals surface area contributed by atoms with Gasteiger partial charge in [-0.25, -0.2) is 14.6 Å². The van der Waals surface area contributed by atoms with Crippen molar-refractivity contribution < 1.29 is 28.3 Å². The van der Waals surface area contributed by atoms with Gasteiger partial charge in [0.15, 0.2) is 8.32 Å². The van der Waals surface area contributed by atoms with Gasteiger partial charge in [-0.15, -0.1) is 0 Å². The van der Waals surface area contributed by atoms with E-state index < -0.39 is 26.0 Å². The van der Waals surface area contributed by atoms with Crippen molar-refractivity contribution in [2.45, 2.75) is 109 Å². The van der Waals surface area contributed by atoms with Crippen molar-refractivity contribution in [2.75, 3.05) is 14.2 Å². The molecule has 1 aliphatic rings. The molecule has 0 aliphatic carbocycles. The van der Waals surface area contributed by atoms with Crippen LogP contribution >= 0.6 is 11.6 Å². The van der Waals surface area contributed by atoms with E-state index in [2.05, 4.69) is 43.8 Å². The minimum Gasteiger partial charge on any atom is -0.465 e. The van der Waals surface area contributed by atoms with Gasteiger partial charge in [0.05, 0.1) is 24.8 Å². The number of carbonyl (C=O) groups excluding carboxylic acids is 3. The van der Waals surface area contributed by atoms with Gasteiger partial charge in [-0.2, -0.15) is 0 Å². The zero-order valence-electron chi connectivity index (χ0n) is 31.0. The van der Waals surface area contributed by atoms with Crippen LogP contribution < -0.4 is 0 Å². The summed E-state index contributed by atoms with van der Waals surface area (Å²) in [7, 11) is 0.720. The van der Waals surface area contributed by atoms with E-state index in [9.17, 15) is 14.4 Å². The number of esters is 1. The number of halogens is 1. The van der Waals surface area contributed by atoms with E-state index in [1.165, 1.54) is 13.3 Å². The Balaban J connectivity index is 1.57. The summed E-state index contributed by atoms with van der Waals surface area (Å²) in [5.74, 6) is -0.651. The number of aromatic nitrogens is 2. The summed E-state index contributed by atoms with van der Waals surface area (Å²) in [6.45, 7) is 16.9. The molecule has 1 saturated heterocycles. The topological polar surface area (TPSA) is 111 Å². The zero-order chi connectivity index (χ0) is 37.0. The maximum absolute atomic E-state index is 14.0. The molecule has 0 N–H and O–H groups in total. The minimum absolute atomic E-state index is 0.0584. The molecule has 10 nitrogen and oxygen atoms in total. The molecule has 3 heterocycles. The fraction of sp³-hybridized carbons (Fsp3) is 0.500. The number of carbonyl (C=O) groups is 3. The maximum atomic E-state index is 14.0. The summed E-state index contributed by atoms with van der Waals surface area (Å²) in [6.07, 6.45) is 6.06. The van der Waals surface area contributed by atoms with Gasteiger partial charge in [0.25, 0.3) is 5.91 Å². The maximum Gasteiger partial charge on any atom is 0.410 e. The van der Waals surface area contributed by atoms with Crippen molar-refractivity contribution in [3.8, 4) is 0 Å². The number of nitrogens with zero attached hydrogens (tertiary/aromatic N) is 4. The lowest BCUT2D eigenvalue weighted by Gasteiger charge is -2.43. The number of likely N-dealkylation sites (tertiary alicyclic amines) is 1. The van der Waals surface area contributed by atoms with Crippen LogP contribution in [0, 0.1) is 0 Å². The first kappa shape index (κ1) is 39.0. The molecule has 0 bridgehead atoms. The highest BCUT2D eigenvalue weighted by Gasteiger charge is 2.48. The van der Waals surface area contributed by atoms with Crippen LogP contribution in [0.25, 0.3) is 0 Å². The quantitative estimate of drug-likeness (QED) is 0.117. The molecule has 2 amide bonds. The molecule has 3 atom stereocenters. The monoisotopic (exact) mass is 722 g/mol. The first-order valence-corrected chi connectivity index (χ1v) is 20.3. The van der Waals surface area contributed by atoms with Crippen LogP contribution in [-0.4, -0.2) is 77.9 Å². The summed E-state index contributed by atoms with van der Waals surface area (Å²) >= 11 is 6.18. The van der Waals surface area contributed by atoms with Crippen molar-refractivity contribution in [3.63, 3.8) is 0 Å². The first-order chi connectivity index (χ1) is 23.3. The van der Waals surface area contributed by atoms with Gasteiger partial charge in [-0.05, 0) is 93.6 Å². The molecule has 12 heteroatoms. The number of amides is 2. The van der Waals surface area contributed by atoms with Crippen molar-refractivity contribution in [3.05, 3.63) is 94.0 Å². The van der Waals surface area contributed by atoms with Crippen LogP contribution in [0.1, 0.15) is 97.9 Å². The van der Waals surface area contributed by atoms with Gasteiger partial charge >= 0.3 is 12.1 Å². The molecule has 1 aromatic carbocycles. The molecule has 270 valence electrons. The van der Waals surface area contributed by atoms with Crippen LogP contribution in [0.4, 0.5) is 4.79 Å². The van der Waals surface area contributed by atoms with Crippen LogP contribution in [0.5, 0.6) is 0 Å². The van der Waals surface area contributed by atoms with E-state index in [0.717, 1.165) is 24.0 Å². The number of hydrogen-bond donors (Lipinski definition) is 0. The number of benzene rings is 1. The molecule has 0 saturated carbocycles. The second-order valence-electron chi connectivity index (χ2n) is 15.5. The van der Waals surface area contributed by atoms with E-state index in [1.807, 2.05) is 56.0 Å². The smallest absolute Gasteiger partial charge is 0.410 e. The Morgan fingerprint density at radius 2 is 1.64 bits per heavy atom. The molecule has 1 fully saturated rings. The third kappa shape index (κ3) is 9.70. The molecule has 0 radical (unpaired) electrons. The largest absolute Gasteiger partial charge is 0.465 e. The summed E-state index contributed by atoms with van der Waals surface area (Å²) < 4.78 is 17.9. The molecule has 0 unspecified atom stereocenters. The molecule has 1 aliphatic heterocycles. The fourth-order valence-corrected chi connectivity index (χ4v) is 7.25. The lowest BCUT2D eigenvalue weighted by Crippen LogP contribution is -2.50. The van der Waals surface area contributed by atoms with Crippen molar-refractivity contribution in [1.29, 1.82) is 0 Å². The predicted octanol–water partition coefficient (Wildman–Crippen LogP) is 8.26.